The summed E-state index contributed by atoms with van der Waals surface area (Å²) in [6.45, 7) is 0. The first-order valence-electron chi connectivity index (χ1n) is 3.21. The van der Waals surface area contributed by atoms with Gasteiger partial charge in [0.2, 0.25) is 0 Å². The Morgan fingerprint density at radius 2 is 2.07 bits per heavy atom. The topological polar surface area (TPSA) is 56.0 Å². The summed E-state index contributed by atoms with van der Waals surface area (Å²) in [5.74, 6) is -0.622. The summed E-state index contributed by atoms with van der Waals surface area (Å²) >= 11 is 5.55. The summed E-state index contributed by atoms with van der Waals surface area (Å²) in [7, 11) is 0. The molecule has 0 aromatic carbocycles. The molecule has 8 heteroatoms. The van der Waals surface area contributed by atoms with Gasteiger partial charge in [-0.25, -0.2) is 8.78 Å². The predicted octanol–water partition coefficient (Wildman–Crippen LogP) is 3.45. The average molecular weight is 332 g/mol. The van der Waals surface area contributed by atoms with Crippen LogP contribution in [0.4, 0.5) is 14.6 Å². The van der Waals surface area contributed by atoms with Crippen LogP contribution in [0, 0.1) is 10.1 Å². The van der Waals surface area contributed by atoms with Gasteiger partial charge in [-0.2, -0.15) is 0 Å². The van der Waals surface area contributed by atoms with E-state index >= 15 is 0 Å². The number of halogens is 4. The van der Waals surface area contributed by atoms with E-state index in [1.54, 1.807) is 0 Å². The van der Waals surface area contributed by atoms with Crippen LogP contribution in [-0.2, 0) is 0 Å². The van der Waals surface area contributed by atoms with Crippen molar-refractivity contribution in [2.24, 2.45) is 0 Å². The van der Waals surface area contributed by atoms with Gasteiger partial charge in [-0.05, 0) is 41.8 Å². The Balaban J connectivity index is 3.41. The highest BCUT2D eigenvalue weighted by Gasteiger charge is 2.25. The fourth-order valence-electron chi connectivity index (χ4n) is 0.797. The van der Waals surface area contributed by atoms with Gasteiger partial charge in [0, 0.05) is 0 Å². The summed E-state index contributed by atoms with van der Waals surface area (Å²) in [4.78, 5) is 12.9. The fraction of sp³-hybridized carbons (Fsp3) is 0.167. The number of nitrogens with zero attached hydrogens (tertiary/aromatic N) is 2. The number of rotatable bonds is 2. The van der Waals surface area contributed by atoms with E-state index in [9.17, 15) is 18.9 Å². The van der Waals surface area contributed by atoms with Crippen LogP contribution in [0.3, 0.4) is 0 Å². The molecule has 1 aromatic heterocycles. The molecule has 0 aliphatic heterocycles. The van der Waals surface area contributed by atoms with Crippen molar-refractivity contribution in [1.82, 2.24) is 4.98 Å². The SMILES string of the molecule is O=[N+]([O-])c1ncc(Br)c(C(F)F)c1Br. The summed E-state index contributed by atoms with van der Waals surface area (Å²) in [5.41, 5.74) is -0.466. The van der Waals surface area contributed by atoms with Crippen LogP contribution in [0.25, 0.3) is 0 Å². The molecule has 0 unspecified atom stereocenters. The van der Waals surface area contributed by atoms with Gasteiger partial charge >= 0.3 is 5.82 Å². The second-order valence-corrected chi connectivity index (χ2v) is 3.86. The third-order valence-electron chi connectivity index (χ3n) is 1.38. The molecule has 1 aromatic rings. The van der Waals surface area contributed by atoms with Crippen LogP contribution in [0.5, 0.6) is 0 Å². The predicted molar refractivity (Wildman–Crippen MR) is 51.2 cm³/mol. The van der Waals surface area contributed by atoms with E-state index in [0.29, 0.717) is 0 Å². The molecule has 0 spiro atoms. The summed E-state index contributed by atoms with van der Waals surface area (Å²) in [6, 6.07) is 0. The maximum atomic E-state index is 12.4. The van der Waals surface area contributed by atoms with Crippen LogP contribution in [0.15, 0.2) is 15.1 Å². The fourth-order valence-corrected chi connectivity index (χ4v) is 2.17. The number of aromatic nitrogens is 1. The van der Waals surface area contributed by atoms with Gasteiger partial charge in [-0.1, -0.05) is 0 Å². The molecule has 0 bridgehead atoms. The van der Waals surface area contributed by atoms with Crippen molar-refractivity contribution in [2.75, 3.05) is 0 Å². The van der Waals surface area contributed by atoms with Crippen molar-refractivity contribution < 1.29 is 13.7 Å². The molecule has 0 aliphatic rings. The van der Waals surface area contributed by atoms with E-state index in [-0.39, 0.29) is 8.95 Å². The van der Waals surface area contributed by atoms with Gasteiger partial charge in [0.05, 0.1) is 10.0 Å². The Morgan fingerprint density at radius 3 is 2.50 bits per heavy atom. The molecule has 1 rings (SSSR count). The van der Waals surface area contributed by atoms with E-state index in [1.165, 1.54) is 0 Å². The Labute approximate surface area is 93.7 Å². The monoisotopic (exact) mass is 330 g/mol. The molecule has 0 fully saturated rings. The van der Waals surface area contributed by atoms with Crippen molar-refractivity contribution in [3.05, 3.63) is 30.8 Å². The van der Waals surface area contributed by atoms with Gasteiger partial charge in [0.1, 0.15) is 4.47 Å². The zero-order chi connectivity index (χ0) is 10.9. The molecule has 0 atom stereocenters. The average Bonchev–Trinajstić information content (AvgIpc) is 2.02. The first-order valence-corrected chi connectivity index (χ1v) is 4.80. The first kappa shape index (κ1) is 11.4. The molecule has 0 saturated heterocycles. The van der Waals surface area contributed by atoms with Gasteiger partial charge in [0.15, 0.2) is 6.20 Å². The van der Waals surface area contributed by atoms with Crippen LogP contribution >= 0.6 is 31.9 Å². The summed E-state index contributed by atoms with van der Waals surface area (Å²) in [5, 5.41) is 10.4. The van der Waals surface area contributed by atoms with Crippen LogP contribution < -0.4 is 0 Å². The smallest absolute Gasteiger partial charge is 0.358 e. The van der Waals surface area contributed by atoms with Gasteiger partial charge in [-0.3, -0.25) is 0 Å². The van der Waals surface area contributed by atoms with Crippen molar-refractivity contribution in [3.8, 4) is 0 Å². The molecule has 14 heavy (non-hydrogen) atoms. The lowest BCUT2D eigenvalue weighted by Gasteiger charge is -2.04. The van der Waals surface area contributed by atoms with Crippen molar-refractivity contribution in [1.29, 1.82) is 0 Å². The third-order valence-corrected chi connectivity index (χ3v) is 2.80. The number of pyridine rings is 1. The van der Waals surface area contributed by atoms with Crippen LogP contribution in [-0.4, -0.2) is 9.91 Å². The maximum Gasteiger partial charge on any atom is 0.378 e. The highest BCUT2D eigenvalue weighted by molar-refractivity contribution is 9.11. The lowest BCUT2D eigenvalue weighted by Crippen LogP contribution is -1.98. The highest BCUT2D eigenvalue weighted by atomic mass is 79.9. The van der Waals surface area contributed by atoms with Crippen molar-refractivity contribution >= 4 is 37.7 Å². The van der Waals surface area contributed by atoms with Crippen LogP contribution in [0.2, 0.25) is 0 Å². The van der Waals surface area contributed by atoms with Crippen molar-refractivity contribution in [2.45, 2.75) is 6.43 Å². The molecule has 4 nitrogen and oxygen atoms in total. The molecule has 0 radical (unpaired) electrons. The normalized spacial score (nSPS) is 10.6. The van der Waals surface area contributed by atoms with Crippen molar-refractivity contribution in [3.63, 3.8) is 0 Å². The van der Waals surface area contributed by atoms with Gasteiger partial charge in [0.25, 0.3) is 6.43 Å². The molecular weight excluding hydrogens is 330 g/mol. The van der Waals surface area contributed by atoms with E-state index in [0.717, 1.165) is 6.20 Å². The molecule has 0 N–H and O–H groups in total. The Morgan fingerprint density at radius 1 is 1.50 bits per heavy atom. The zero-order valence-electron chi connectivity index (χ0n) is 6.38. The third kappa shape index (κ3) is 2.06. The quantitative estimate of drug-likeness (QED) is 0.616. The second-order valence-electron chi connectivity index (χ2n) is 2.22. The van der Waals surface area contributed by atoms with E-state index in [1.807, 2.05) is 0 Å². The minimum absolute atomic E-state index is 0.0324. The molecule has 1 heterocycles. The molecule has 76 valence electrons. The first-order chi connectivity index (χ1) is 6.45. The molecule has 0 saturated carbocycles. The Bertz CT molecular complexity index is 386. The molecule has 0 amide bonds. The number of nitro groups is 1. The minimum Gasteiger partial charge on any atom is -0.358 e. The molecule has 0 aliphatic carbocycles. The van der Waals surface area contributed by atoms with E-state index in [4.69, 9.17) is 0 Å². The highest BCUT2D eigenvalue weighted by Crippen LogP contribution is 2.37. The Hall–Kier alpha value is -0.630. The van der Waals surface area contributed by atoms with Crippen LogP contribution in [0.1, 0.15) is 12.0 Å². The minimum atomic E-state index is -2.81. The van der Waals surface area contributed by atoms with E-state index < -0.39 is 22.7 Å². The molecular formula is C6H2Br2F2N2O2. The second kappa shape index (κ2) is 4.26. The Kier molecular flexibility index (Phi) is 3.48. The lowest BCUT2D eigenvalue weighted by molar-refractivity contribution is -0.390. The van der Waals surface area contributed by atoms with E-state index in [2.05, 4.69) is 36.8 Å². The van der Waals surface area contributed by atoms with Gasteiger partial charge in [-0.15, -0.1) is 0 Å². The number of alkyl halides is 2. The maximum absolute atomic E-state index is 12.4. The largest absolute Gasteiger partial charge is 0.378 e. The number of hydrogen-bond acceptors (Lipinski definition) is 3. The lowest BCUT2D eigenvalue weighted by atomic mass is 10.3. The summed E-state index contributed by atoms with van der Waals surface area (Å²) < 4.78 is 24.6. The summed E-state index contributed by atoms with van der Waals surface area (Å²) in [6.07, 6.45) is -1.83. The standard InChI is InChI=1S/C6H2Br2F2N2O2/c7-2-1-11-6(12(13)14)4(8)3(2)5(9)10/h1,5H. The zero-order valence-corrected chi connectivity index (χ0v) is 9.55. The van der Waals surface area contributed by atoms with Gasteiger partial charge < -0.3 is 10.1 Å². The number of hydrogen-bond donors (Lipinski definition) is 0.